The van der Waals surface area contributed by atoms with Gasteiger partial charge in [0.05, 0.1) is 6.10 Å². The van der Waals surface area contributed by atoms with Gasteiger partial charge in [0.15, 0.2) is 0 Å². The molecule has 0 bridgehead atoms. The van der Waals surface area contributed by atoms with E-state index in [4.69, 9.17) is 4.74 Å². The maximum Gasteiger partial charge on any atom is 0.0588 e. The minimum atomic E-state index is 0.472. The first-order valence-corrected chi connectivity index (χ1v) is 6.37. The third kappa shape index (κ3) is 2.92. The Labute approximate surface area is 93.2 Å². The molecule has 0 amide bonds. The van der Waals surface area contributed by atoms with Crippen LogP contribution in [0, 0.1) is 5.92 Å². The number of piperazine rings is 1. The molecule has 0 aromatic heterocycles. The molecule has 88 valence electrons. The van der Waals surface area contributed by atoms with Gasteiger partial charge in [-0.1, -0.05) is 6.92 Å². The van der Waals surface area contributed by atoms with E-state index in [-0.39, 0.29) is 0 Å². The number of nitrogens with one attached hydrogen (secondary N) is 1. The molecular formula is C12H24N2O. The normalized spacial score (nSPS) is 38.4. The average molecular weight is 212 g/mol. The highest BCUT2D eigenvalue weighted by Crippen LogP contribution is 2.22. The van der Waals surface area contributed by atoms with E-state index in [1.807, 2.05) is 0 Å². The quantitative estimate of drug-likeness (QED) is 0.758. The summed E-state index contributed by atoms with van der Waals surface area (Å²) >= 11 is 0. The Balaban J connectivity index is 1.78. The van der Waals surface area contributed by atoms with Crippen LogP contribution in [0.1, 0.15) is 26.7 Å². The second kappa shape index (κ2) is 5.28. The molecule has 3 atom stereocenters. The first-order chi connectivity index (χ1) is 7.29. The summed E-state index contributed by atoms with van der Waals surface area (Å²) in [5.41, 5.74) is 0. The molecule has 0 spiro atoms. The molecule has 0 aromatic carbocycles. The van der Waals surface area contributed by atoms with E-state index in [0.717, 1.165) is 19.1 Å². The topological polar surface area (TPSA) is 24.5 Å². The predicted molar refractivity (Wildman–Crippen MR) is 62.0 cm³/mol. The molecule has 0 saturated carbocycles. The van der Waals surface area contributed by atoms with Crippen LogP contribution in [0.15, 0.2) is 0 Å². The Bertz CT molecular complexity index is 198. The number of rotatable bonds is 3. The van der Waals surface area contributed by atoms with E-state index in [9.17, 15) is 0 Å². The average Bonchev–Trinajstić information content (AvgIpc) is 2.65. The molecule has 2 heterocycles. The molecule has 2 aliphatic rings. The van der Waals surface area contributed by atoms with Gasteiger partial charge in [0, 0.05) is 38.8 Å². The summed E-state index contributed by atoms with van der Waals surface area (Å²) in [6.45, 7) is 10.3. The Morgan fingerprint density at radius 3 is 3.00 bits per heavy atom. The van der Waals surface area contributed by atoms with Crippen LogP contribution in [0.5, 0.6) is 0 Å². The fourth-order valence-electron chi connectivity index (χ4n) is 2.68. The third-order valence-corrected chi connectivity index (χ3v) is 3.86. The van der Waals surface area contributed by atoms with Crippen LogP contribution >= 0.6 is 0 Å². The molecule has 15 heavy (non-hydrogen) atoms. The van der Waals surface area contributed by atoms with E-state index in [1.54, 1.807) is 0 Å². The Morgan fingerprint density at radius 1 is 1.47 bits per heavy atom. The summed E-state index contributed by atoms with van der Waals surface area (Å²) in [6, 6.07) is 0.705. The van der Waals surface area contributed by atoms with E-state index < -0.39 is 0 Å². The first-order valence-electron chi connectivity index (χ1n) is 6.37. The Kier molecular flexibility index (Phi) is 4.00. The number of hydrogen-bond acceptors (Lipinski definition) is 3. The number of hydrogen-bond donors (Lipinski definition) is 1. The third-order valence-electron chi connectivity index (χ3n) is 3.86. The summed E-state index contributed by atoms with van der Waals surface area (Å²) in [6.07, 6.45) is 2.97. The van der Waals surface area contributed by atoms with Crippen molar-refractivity contribution in [3.63, 3.8) is 0 Å². The minimum absolute atomic E-state index is 0.472. The van der Waals surface area contributed by atoms with Gasteiger partial charge in [-0.3, -0.25) is 0 Å². The summed E-state index contributed by atoms with van der Waals surface area (Å²) in [5, 5.41) is 3.56. The fraction of sp³-hybridized carbons (Fsp3) is 1.00. The van der Waals surface area contributed by atoms with Crippen molar-refractivity contribution in [2.45, 2.75) is 38.8 Å². The van der Waals surface area contributed by atoms with E-state index in [1.165, 1.54) is 32.5 Å². The van der Waals surface area contributed by atoms with Crippen LogP contribution in [0.25, 0.3) is 0 Å². The van der Waals surface area contributed by atoms with Gasteiger partial charge in [-0.15, -0.1) is 0 Å². The lowest BCUT2D eigenvalue weighted by Crippen LogP contribution is -2.51. The van der Waals surface area contributed by atoms with E-state index in [0.29, 0.717) is 12.1 Å². The van der Waals surface area contributed by atoms with Gasteiger partial charge < -0.3 is 15.0 Å². The van der Waals surface area contributed by atoms with Gasteiger partial charge in [-0.25, -0.2) is 0 Å². The van der Waals surface area contributed by atoms with Crippen molar-refractivity contribution in [1.29, 1.82) is 0 Å². The van der Waals surface area contributed by atoms with Crippen molar-refractivity contribution in [3.8, 4) is 0 Å². The molecular weight excluding hydrogens is 188 g/mol. The largest absolute Gasteiger partial charge is 0.378 e. The molecule has 3 unspecified atom stereocenters. The van der Waals surface area contributed by atoms with E-state index in [2.05, 4.69) is 24.1 Å². The van der Waals surface area contributed by atoms with Gasteiger partial charge in [0.2, 0.25) is 0 Å². The molecule has 2 rings (SSSR count). The molecule has 3 nitrogen and oxygen atoms in total. The van der Waals surface area contributed by atoms with Crippen LogP contribution in [-0.4, -0.2) is 49.8 Å². The molecule has 0 radical (unpaired) electrons. The summed E-state index contributed by atoms with van der Waals surface area (Å²) in [7, 11) is 0. The van der Waals surface area contributed by atoms with Crippen LogP contribution in [-0.2, 0) is 4.74 Å². The second-order valence-corrected chi connectivity index (χ2v) is 4.94. The fourth-order valence-corrected chi connectivity index (χ4v) is 2.68. The highest BCUT2D eigenvalue weighted by molar-refractivity contribution is 4.82. The van der Waals surface area contributed by atoms with Crippen molar-refractivity contribution < 1.29 is 4.74 Å². The Hall–Kier alpha value is -0.120. The van der Waals surface area contributed by atoms with Crippen molar-refractivity contribution >= 4 is 0 Å². The van der Waals surface area contributed by atoms with Crippen molar-refractivity contribution in [2.24, 2.45) is 5.92 Å². The molecule has 0 aromatic rings. The van der Waals surface area contributed by atoms with Gasteiger partial charge in [0.1, 0.15) is 0 Å². The molecule has 3 heteroatoms. The Morgan fingerprint density at radius 2 is 2.33 bits per heavy atom. The zero-order valence-electron chi connectivity index (χ0n) is 10.0. The maximum absolute atomic E-state index is 5.62. The molecule has 2 saturated heterocycles. The molecule has 2 fully saturated rings. The standard InChI is InChI=1S/C12H24N2O/c1-3-12-9-14(6-5-13-12)8-11-4-7-15-10(11)2/h10-13H,3-9H2,1-2H3. The van der Waals surface area contributed by atoms with Crippen LogP contribution in [0.4, 0.5) is 0 Å². The van der Waals surface area contributed by atoms with Crippen molar-refractivity contribution in [1.82, 2.24) is 10.2 Å². The lowest BCUT2D eigenvalue weighted by atomic mass is 10.0. The predicted octanol–water partition coefficient (Wildman–Crippen LogP) is 1.10. The SMILES string of the molecule is CCC1CN(CC2CCOC2C)CCN1. The monoisotopic (exact) mass is 212 g/mol. The molecule has 0 aliphatic carbocycles. The van der Waals surface area contributed by atoms with Crippen LogP contribution in [0.2, 0.25) is 0 Å². The van der Waals surface area contributed by atoms with Gasteiger partial charge in [-0.2, -0.15) is 0 Å². The zero-order chi connectivity index (χ0) is 10.7. The van der Waals surface area contributed by atoms with Crippen molar-refractivity contribution in [3.05, 3.63) is 0 Å². The first kappa shape index (κ1) is 11.4. The minimum Gasteiger partial charge on any atom is -0.378 e. The van der Waals surface area contributed by atoms with Gasteiger partial charge in [0.25, 0.3) is 0 Å². The summed E-state index contributed by atoms with van der Waals surface area (Å²) in [4.78, 5) is 2.61. The maximum atomic E-state index is 5.62. The zero-order valence-corrected chi connectivity index (χ0v) is 10.0. The van der Waals surface area contributed by atoms with Crippen molar-refractivity contribution in [2.75, 3.05) is 32.8 Å². The van der Waals surface area contributed by atoms with Gasteiger partial charge >= 0.3 is 0 Å². The highest BCUT2D eigenvalue weighted by Gasteiger charge is 2.27. The van der Waals surface area contributed by atoms with Crippen LogP contribution < -0.4 is 5.32 Å². The lowest BCUT2D eigenvalue weighted by molar-refractivity contribution is 0.0859. The summed E-state index contributed by atoms with van der Waals surface area (Å²) < 4.78 is 5.62. The van der Waals surface area contributed by atoms with Gasteiger partial charge in [-0.05, 0) is 25.7 Å². The summed E-state index contributed by atoms with van der Waals surface area (Å²) in [5.74, 6) is 0.764. The number of nitrogens with zero attached hydrogens (tertiary/aromatic N) is 1. The lowest BCUT2D eigenvalue weighted by Gasteiger charge is -2.35. The molecule has 1 N–H and O–H groups in total. The second-order valence-electron chi connectivity index (χ2n) is 4.94. The highest BCUT2D eigenvalue weighted by atomic mass is 16.5. The molecule has 2 aliphatic heterocycles. The number of ether oxygens (including phenoxy) is 1. The smallest absolute Gasteiger partial charge is 0.0588 e. The van der Waals surface area contributed by atoms with Crippen LogP contribution in [0.3, 0.4) is 0 Å². The van der Waals surface area contributed by atoms with E-state index >= 15 is 0 Å².